The highest BCUT2D eigenvalue weighted by Gasteiger charge is 2.13. The molecule has 0 radical (unpaired) electrons. The number of rotatable bonds is 7. The lowest BCUT2D eigenvalue weighted by molar-refractivity contribution is -0.118. The summed E-state index contributed by atoms with van der Waals surface area (Å²) in [6.07, 6.45) is 1.35. The second-order valence-corrected chi connectivity index (χ2v) is 8.33. The molecule has 172 valence electrons. The Bertz CT molecular complexity index is 1310. The van der Waals surface area contributed by atoms with Gasteiger partial charge in [0.1, 0.15) is 17.4 Å². The zero-order chi connectivity index (χ0) is 24.7. The van der Waals surface area contributed by atoms with Gasteiger partial charge in [0, 0.05) is 27.0 Å². The summed E-state index contributed by atoms with van der Waals surface area (Å²) >= 11 is 12.0. The molecule has 0 aliphatic carbocycles. The maximum absolute atomic E-state index is 12.6. The fraction of sp³-hybridized carbons (Fsp3) is 0.115. The van der Waals surface area contributed by atoms with Gasteiger partial charge in [-0.2, -0.15) is 5.26 Å². The van der Waals surface area contributed by atoms with Crippen LogP contribution in [0.15, 0.2) is 66.2 Å². The average Bonchev–Trinajstić information content (AvgIpc) is 2.79. The monoisotopic (exact) mass is 493 g/mol. The number of benzene rings is 3. The Morgan fingerprint density at radius 2 is 1.68 bits per heavy atom. The highest BCUT2D eigenvalue weighted by molar-refractivity contribution is 6.31. The number of aryl methyl sites for hydroxylation is 2. The number of hydrogen-bond donors (Lipinski definition) is 2. The van der Waals surface area contributed by atoms with E-state index in [4.69, 9.17) is 27.9 Å². The second-order valence-electron chi connectivity index (χ2n) is 7.45. The number of carbonyl (C=O) groups is 2. The van der Waals surface area contributed by atoms with Crippen molar-refractivity contribution in [3.63, 3.8) is 0 Å². The first-order valence-electron chi connectivity index (χ1n) is 10.2. The van der Waals surface area contributed by atoms with Crippen molar-refractivity contribution in [2.75, 3.05) is 17.2 Å². The molecular formula is C26H21Cl2N3O3. The third kappa shape index (κ3) is 6.85. The largest absolute Gasteiger partial charge is 0.483 e. The molecule has 2 N–H and O–H groups in total. The molecule has 0 saturated heterocycles. The Morgan fingerprint density at radius 1 is 0.941 bits per heavy atom. The number of hydrogen-bond acceptors (Lipinski definition) is 4. The van der Waals surface area contributed by atoms with Gasteiger partial charge in [-0.3, -0.25) is 9.59 Å². The maximum Gasteiger partial charge on any atom is 0.266 e. The Hall–Kier alpha value is -3.79. The molecule has 0 spiro atoms. The van der Waals surface area contributed by atoms with Crippen LogP contribution in [0.2, 0.25) is 10.0 Å². The smallest absolute Gasteiger partial charge is 0.266 e. The number of nitriles is 1. The van der Waals surface area contributed by atoms with Gasteiger partial charge >= 0.3 is 0 Å². The van der Waals surface area contributed by atoms with E-state index in [0.717, 1.165) is 11.1 Å². The SMILES string of the molecule is Cc1ccc(NC(=O)COc2ccc(Cl)cc2/C=C(/C#N)C(=O)Nc2cccc(Cl)c2)cc1C. The van der Waals surface area contributed by atoms with Gasteiger partial charge in [-0.25, -0.2) is 0 Å². The molecular weight excluding hydrogens is 473 g/mol. The molecule has 3 aromatic rings. The number of ether oxygens (including phenoxy) is 1. The second kappa shape index (κ2) is 11.4. The highest BCUT2D eigenvalue weighted by Crippen LogP contribution is 2.26. The third-order valence-corrected chi connectivity index (χ3v) is 5.34. The molecule has 0 bridgehead atoms. The van der Waals surface area contributed by atoms with Crippen molar-refractivity contribution in [2.24, 2.45) is 0 Å². The van der Waals surface area contributed by atoms with Gasteiger partial charge < -0.3 is 15.4 Å². The number of amides is 2. The maximum atomic E-state index is 12.6. The van der Waals surface area contributed by atoms with Crippen molar-refractivity contribution in [3.8, 4) is 11.8 Å². The summed E-state index contributed by atoms with van der Waals surface area (Å²) in [6, 6.07) is 18.8. The lowest BCUT2D eigenvalue weighted by Crippen LogP contribution is -2.20. The quantitative estimate of drug-likeness (QED) is 0.304. The fourth-order valence-corrected chi connectivity index (χ4v) is 3.36. The molecule has 0 heterocycles. The van der Waals surface area contributed by atoms with Crippen LogP contribution < -0.4 is 15.4 Å². The molecule has 6 nitrogen and oxygen atoms in total. The van der Waals surface area contributed by atoms with Gasteiger partial charge in [-0.15, -0.1) is 0 Å². The van der Waals surface area contributed by atoms with Gasteiger partial charge in [0.15, 0.2) is 6.61 Å². The number of halogens is 2. The van der Waals surface area contributed by atoms with Crippen LogP contribution in [0.3, 0.4) is 0 Å². The molecule has 3 rings (SSSR count). The fourth-order valence-electron chi connectivity index (χ4n) is 2.99. The van der Waals surface area contributed by atoms with Crippen molar-refractivity contribution in [2.45, 2.75) is 13.8 Å². The summed E-state index contributed by atoms with van der Waals surface area (Å²) < 4.78 is 5.67. The molecule has 0 aliphatic heterocycles. The molecule has 0 aromatic heterocycles. The number of anilines is 2. The molecule has 0 unspecified atom stereocenters. The normalized spacial score (nSPS) is 10.9. The molecule has 2 amide bonds. The van der Waals surface area contributed by atoms with Gasteiger partial charge in [0.2, 0.25) is 0 Å². The van der Waals surface area contributed by atoms with Gasteiger partial charge in [0.05, 0.1) is 0 Å². The van der Waals surface area contributed by atoms with E-state index in [1.165, 1.54) is 6.08 Å². The van der Waals surface area contributed by atoms with Gasteiger partial charge in [-0.1, -0.05) is 35.3 Å². The standard InChI is InChI=1S/C26H21Cl2N3O3/c1-16-6-8-23(10-17(16)2)30-25(32)15-34-24-9-7-21(28)12-18(24)11-19(14-29)26(33)31-22-5-3-4-20(27)13-22/h3-13H,15H2,1-2H3,(H,30,32)(H,31,33)/b19-11-. The number of nitrogens with one attached hydrogen (secondary N) is 2. The summed E-state index contributed by atoms with van der Waals surface area (Å²) in [5, 5.41) is 15.8. The minimum atomic E-state index is -0.622. The van der Waals surface area contributed by atoms with Crippen LogP contribution in [0.5, 0.6) is 5.75 Å². The predicted octanol–water partition coefficient (Wildman–Crippen LogP) is 6.17. The van der Waals surface area contributed by atoms with Crippen LogP contribution in [0.4, 0.5) is 11.4 Å². The summed E-state index contributed by atoms with van der Waals surface area (Å²) in [7, 11) is 0. The van der Waals surface area contributed by atoms with E-state index in [9.17, 15) is 14.9 Å². The predicted molar refractivity (Wildman–Crippen MR) is 135 cm³/mol. The molecule has 0 atom stereocenters. The van der Waals surface area contributed by atoms with Crippen LogP contribution in [-0.4, -0.2) is 18.4 Å². The third-order valence-electron chi connectivity index (χ3n) is 4.87. The summed E-state index contributed by atoms with van der Waals surface area (Å²) in [5.74, 6) is -0.682. The van der Waals surface area contributed by atoms with Gasteiger partial charge in [-0.05, 0) is 79.6 Å². The Balaban J connectivity index is 1.74. The summed E-state index contributed by atoms with van der Waals surface area (Å²) in [5.41, 5.74) is 3.50. The van der Waals surface area contributed by atoms with Crippen LogP contribution in [0, 0.1) is 25.2 Å². The molecule has 34 heavy (non-hydrogen) atoms. The Labute approximate surface area is 207 Å². The summed E-state index contributed by atoms with van der Waals surface area (Å²) in [4.78, 5) is 25.0. The van der Waals surface area contributed by atoms with Crippen molar-refractivity contribution in [3.05, 3.63) is 93.0 Å². The molecule has 0 aliphatic rings. The average molecular weight is 494 g/mol. The zero-order valence-corrected chi connectivity index (χ0v) is 20.0. The topological polar surface area (TPSA) is 91.2 Å². The minimum absolute atomic E-state index is 0.174. The minimum Gasteiger partial charge on any atom is -0.483 e. The summed E-state index contributed by atoms with van der Waals surface area (Å²) in [6.45, 7) is 3.68. The van der Waals surface area contributed by atoms with E-state index in [1.807, 2.05) is 38.1 Å². The van der Waals surface area contributed by atoms with E-state index >= 15 is 0 Å². The van der Waals surface area contributed by atoms with Crippen LogP contribution in [0.25, 0.3) is 6.08 Å². The van der Waals surface area contributed by atoms with E-state index < -0.39 is 5.91 Å². The first-order valence-corrected chi connectivity index (χ1v) is 11.0. The van der Waals surface area contributed by atoms with E-state index in [0.29, 0.717) is 32.7 Å². The first kappa shape index (κ1) is 24.8. The first-order chi connectivity index (χ1) is 16.2. The zero-order valence-electron chi connectivity index (χ0n) is 18.5. The molecule has 0 fully saturated rings. The van der Waals surface area contributed by atoms with E-state index in [2.05, 4.69) is 10.6 Å². The van der Waals surface area contributed by atoms with Crippen molar-refractivity contribution in [1.29, 1.82) is 5.26 Å². The van der Waals surface area contributed by atoms with Crippen molar-refractivity contribution < 1.29 is 14.3 Å². The Morgan fingerprint density at radius 3 is 2.38 bits per heavy atom. The molecule has 8 heteroatoms. The van der Waals surface area contributed by atoms with E-state index in [1.54, 1.807) is 42.5 Å². The van der Waals surface area contributed by atoms with Crippen molar-refractivity contribution in [1.82, 2.24) is 0 Å². The van der Waals surface area contributed by atoms with Crippen molar-refractivity contribution >= 4 is 52.5 Å². The highest BCUT2D eigenvalue weighted by atomic mass is 35.5. The Kier molecular flexibility index (Phi) is 8.31. The molecule has 3 aromatic carbocycles. The lowest BCUT2D eigenvalue weighted by Gasteiger charge is -2.12. The number of nitrogens with zero attached hydrogens (tertiary/aromatic N) is 1. The molecule has 0 saturated carbocycles. The lowest BCUT2D eigenvalue weighted by atomic mass is 10.1. The van der Waals surface area contributed by atoms with Crippen LogP contribution >= 0.6 is 23.2 Å². The van der Waals surface area contributed by atoms with E-state index in [-0.39, 0.29) is 18.1 Å². The van der Waals surface area contributed by atoms with Gasteiger partial charge in [0.25, 0.3) is 11.8 Å². The van der Waals surface area contributed by atoms with Crippen LogP contribution in [0.1, 0.15) is 16.7 Å². The van der Waals surface area contributed by atoms with Crippen LogP contribution in [-0.2, 0) is 9.59 Å². The number of carbonyl (C=O) groups excluding carboxylic acids is 2.